The number of carbonyl (C=O) groups excluding carboxylic acids is 1. The van der Waals surface area contributed by atoms with Crippen molar-refractivity contribution >= 4 is 45.2 Å². The molecule has 0 aliphatic carbocycles. The summed E-state index contributed by atoms with van der Waals surface area (Å²) in [5.74, 6) is -0.195. The van der Waals surface area contributed by atoms with E-state index in [-0.39, 0.29) is 52.6 Å². The van der Waals surface area contributed by atoms with Gasteiger partial charge >= 0.3 is 12.1 Å². The molecule has 4 fully saturated rings. The van der Waals surface area contributed by atoms with E-state index < -0.39 is 17.5 Å². The highest BCUT2D eigenvalue weighted by molar-refractivity contribution is 6.35. The van der Waals surface area contributed by atoms with Crippen molar-refractivity contribution in [1.29, 1.82) is 0 Å². The second-order valence-electron chi connectivity index (χ2n) is 14.0. The lowest BCUT2D eigenvalue weighted by molar-refractivity contribution is 0.0776. The number of carbonyl (C=O) groups is 1. The molecule has 49 heavy (non-hydrogen) atoms. The average Bonchev–Trinajstić information content (AvgIpc) is 3.70. The number of ether oxygens (including phenoxy) is 2. The smallest absolute Gasteiger partial charge is 0.410 e. The van der Waals surface area contributed by atoms with Gasteiger partial charge in [0.1, 0.15) is 29.9 Å². The second-order valence-corrected chi connectivity index (χ2v) is 14.4. The standard InChI is InChI=1S/C37H40ClF2N5O4/c1-2-3-13-48-36(47)45-24-9-10-25(45)20-43(19-24)34-29-16-30(38)31(28-15-26(46)14-22-7-4-5-8-27(22)28)32(40)33(29)41-35(42-34)49-21-37-11-6-12-44(37)18-23(39)17-37/h4-5,7-8,14-16,23-25,46H,2-3,6,9-13,17-21H2,1H3/t23-,24-,25+,37+/m1/s1. The van der Waals surface area contributed by atoms with Crippen LogP contribution >= 0.6 is 11.6 Å². The number of hydrogen-bond acceptors (Lipinski definition) is 8. The van der Waals surface area contributed by atoms with Crippen LogP contribution in [-0.4, -0.2) is 94.2 Å². The molecule has 12 heteroatoms. The van der Waals surface area contributed by atoms with Crippen molar-refractivity contribution < 1.29 is 28.2 Å². The first kappa shape index (κ1) is 32.3. The molecule has 3 aromatic carbocycles. The zero-order valence-electron chi connectivity index (χ0n) is 27.5. The van der Waals surface area contributed by atoms with Crippen LogP contribution in [0.3, 0.4) is 0 Å². The molecule has 0 radical (unpaired) electrons. The van der Waals surface area contributed by atoms with Crippen LogP contribution in [0.5, 0.6) is 11.8 Å². The predicted molar refractivity (Wildman–Crippen MR) is 185 cm³/mol. The van der Waals surface area contributed by atoms with Crippen LogP contribution in [0.2, 0.25) is 5.02 Å². The number of phenolic OH excluding ortho intramolecular Hbond substituents is 1. The predicted octanol–water partition coefficient (Wildman–Crippen LogP) is 7.49. The second kappa shape index (κ2) is 12.7. The highest BCUT2D eigenvalue weighted by Crippen LogP contribution is 2.44. The van der Waals surface area contributed by atoms with Gasteiger partial charge in [-0.05, 0) is 73.2 Å². The lowest BCUT2D eigenvalue weighted by Crippen LogP contribution is -2.56. The van der Waals surface area contributed by atoms with Crippen LogP contribution in [0.4, 0.5) is 19.4 Å². The summed E-state index contributed by atoms with van der Waals surface area (Å²) < 4.78 is 43.5. The Hall–Kier alpha value is -3.96. The molecule has 1 aromatic heterocycles. The van der Waals surface area contributed by atoms with Crippen molar-refractivity contribution in [2.75, 3.05) is 44.3 Å². The maximum absolute atomic E-state index is 17.0. The van der Waals surface area contributed by atoms with Gasteiger partial charge in [-0.3, -0.25) is 9.80 Å². The number of alkyl halides is 1. The van der Waals surface area contributed by atoms with Gasteiger partial charge in [-0.2, -0.15) is 9.97 Å². The number of nitrogens with zero attached hydrogens (tertiary/aromatic N) is 5. The number of anilines is 1. The number of unbranched alkanes of at least 4 members (excludes halogenated alkanes) is 1. The third-order valence-electron chi connectivity index (χ3n) is 10.9. The quantitative estimate of drug-likeness (QED) is 0.190. The Morgan fingerprint density at radius 1 is 1.10 bits per heavy atom. The van der Waals surface area contributed by atoms with Gasteiger partial charge in [-0.1, -0.05) is 49.2 Å². The minimum absolute atomic E-state index is 0.00715. The number of aromatic hydroxyl groups is 1. The fraction of sp³-hybridized carbons (Fsp3) is 0.486. The highest BCUT2D eigenvalue weighted by atomic mass is 35.5. The largest absolute Gasteiger partial charge is 0.508 e. The monoisotopic (exact) mass is 691 g/mol. The molecule has 1 amide bonds. The van der Waals surface area contributed by atoms with Gasteiger partial charge < -0.3 is 19.5 Å². The van der Waals surface area contributed by atoms with Gasteiger partial charge in [0.05, 0.1) is 29.3 Å². The van der Waals surface area contributed by atoms with Crippen LogP contribution in [0.25, 0.3) is 32.8 Å². The maximum atomic E-state index is 17.0. The Balaban J connectivity index is 1.21. The van der Waals surface area contributed by atoms with Crippen molar-refractivity contribution in [2.45, 2.75) is 75.7 Å². The first-order valence-corrected chi connectivity index (χ1v) is 17.8. The summed E-state index contributed by atoms with van der Waals surface area (Å²) >= 11 is 6.92. The maximum Gasteiger partial charge on any atom is 0.410 e. The number of phenols is 1. The van der Waals surface area contributed by atoms with Crippen molar-refractivity contribution in [1.82, 2.24) is 19.8 Å². The summed E-state index contributed by atoms with van der Waals surface area (Å²) in [6.07, 6.45) is 4.34. The Bertz CT molecular complexity index is 1920. The Morgan fingerprint density at radius 2 is 1.90 bits per heavy atom. The van der Waals surface area contributed by atoms with Gasteiger partial charge in [0.25, 0.3) is 0 Å². The van der Waals surface area contributed by atoms with E-state index in [2.05, 4.69) is 21.7 Å². The summed E-state index contributed by atoms with van der Waals surface area (Å²) in [6, 6.07) is 12.1. The molecule has 4 saturated heterocycles. The summed E-state index contributed by atoms with van der Waals surface area (Å²) in [7, 11) is 0. The van der Waals surface area contributed by atoms with Crippen LogP contribution in [-0.2, 0) is 4.74 Å². The third kappa shape index (κ3) is 5.68. The van der Waals surface area contributed by atoms with E-state index in [4.69, 9.17) is 26.1 Å². The van der Waals surface area contributed by atoms with Gasteiger partial charge in [-0.15, -0.1) is 0 Å². The van der Waals surface area contributed by atoms with Crippen LogP contribution in [0.1, 0.15) is 51.9 Å². The molecule has 9 nitrogen and oxygen atoms in total. The lowest BCUT2D eigenvalue weighted by atomic mass is 9.95. The minimum atomic E-state index is -0.920. The zero-order chi connectivity index (χ0) is 33.9. The molecule has 4 atom stereocenters. The Labute approximate surface area is 288 Å². The summed E-state index contributed by atoms with van der Waals surface area (Å²) in [5, 5.41) is 12.6. The van der Waals surface area contributed by atoms with Crippen molar-refractivity contribution in [2.24, 2.45) is 0 Å². The normalized spacial score (nSPS) is 25.0. The molecule has 0 spiro atoms. The summed E-state index contributed by atoms with van der Waals surface area (Å²) in [4.78, 5) is 28.7. The molecular weight excluding hydrogens is 652 g/mol. The van der Waals surface area contributed by atoms with Gasteiger partial charge in [-0.25, -0.2) is 13.6 Å². The number of rotatable bonds is 8. The third-order valence-corrected chi connectivity index (χ3v) is 11.2. The fourth-order valence-electron chi connectivity index (χ4n) is 8.61. The molecule has 0 unspecified atom stereocenters. The molecule has 5 heterocycles. The zero-order valence-corrected chi connectivity index (χ0v) is 28.3. The molecule has 258 valence electrons. The van der Waals surface area contributed by atoms with E-state index in [1.807, 2.05) is 29.2 Å². The van der Waals surface area contributed by atoms with Crippen LogP contribution in [0.15, 0.2) is 42.5 Å². The summed E-state index contributed by atoms with van der Waals surface area (Å²) in [5.41, 5.74) is 0.158. The molecule has 4 aliphatic rings. The fourth-order valence-corrected chi connectivity index (χ4v) is 8.91. The van der Waals surface area contributed by atoms with Gasteiger partial charge in [0.2, 0.25) is 0 Å². The van der Waals surface area contributed by atoms with E-state index in [9.17, 15) is 14.3 Å². The molecule has 1 N–H and O–H groups in total. The topological polar surface area (TPSA) is 91.3 Å². The van der Waals surface area contributed by atoms with Crippen LogP contribution in [0, 0.1) is 5.82 Å². The van der Waals surface area contributed by atoms with Crippen molar-refractivity contribution in [3.05, 3.63) is 53.3 Å². The van der Waals surface area contributed by atoms with Gasteiger partial charge in [0.15, 0.2) is 5.82 Å². The first-order valence-electron chi connectivity index (χ1n) is 17.4. The van der Waals surface area contributed by atoms with Gasteiger partial charge in [0, 0.05) is 37.0 Å². The van der Waals surface area contributed by atoms with E-state index in [1.54, 1.807) is 12.1 Å². The number of amides is 1. The van der Waals surface area contributed by atoms with E-state index in [1.165, 1.54) is 6.07 Å². The number of fused-ring (bicyclic) bond motifs is 5. The van der Waals surface area contributed by atoms with Crippen molar-refractivity contribution in [3.63, 3.8) is 0 Å². The Kier molecular flexibility index (Phi) is 8.38. The lowest BCUT2D eigenvalue weighted by Gasteiger charge is -2.41. The average molecular weight is 692 g/mol. The highest BCUT2D eigenvalue weighted by Gasteiger charge is 2.49. The van der Waals surface area contributed by atoms with E-state index in [0.717, 1.165) is 55.8 Å². The molecule has 8 rings (SSSR count). The SMILES string of the molecule is CCCCOC(=O)N1[C@@H]2CC[C@H]1CN(c1nc(OC[C@@]34CCCN3C[C@H](F)C4)nc3c(F)c(-c4cc(O)cc5ccccc45)c(Cl)cc13)C2. The number of halogens is 3. The molecule has 0 saturated carbocycles. The molecule has 4 aromatic rings. The van der Waals surface area contributed by atoms with E-state index in [0.29, 0.717) is 49.4 Å². The summed E-state index contributed by atoms with van der Waals surface area (Å²) in [6.45, 7) is 4.79. The van der Waals surface area contributed by atoms with Crippen molar-refractivity contribution in [3.8, 4) is 22.9 Å². The number of hydrogen-bond donors (Lipinski definition) is 1. The molecular formula is C37H40ClF2N5O4. The number of aromatic nitrogens is 2. The minimum Gasteiger partial charge on any atom is -0.508 e. The first-order chi connectivity index (χ1) is 23.7. The van der Waals surface area contributed by atoms with E-state index >= 15 is 4.39 Å². The number of piperazine rings is 1. The molecule has 4 aliphatic heterocycles. The Morgan fingerprint density at radius 3 is 2.69 bits per heavy atom. The molecule has 2 bridgehead atoms. The van der Waals surface area contributed by atoms with Crippen LogP contribution < -0.4 is 9.64 Å². The number of benzene rings is 3.